The summed E-state index contributed by atoms with van der Waals surface area (Å²) in [5, 5.41) is 7.74. The Balaban J connectivity index is 1.71. The van der Waals surface area contributed by atoms with E-state index in [1.54, 1.807) is 4.52 Å². The van der Waals surface area contributed by atoms with Crippen molar-refractivity contribution in [3.8, 4) is 5.75 Å². The van der Waals surface area contributed by atoms with Crippen molar-refractivity contribution in [2.24, 2.45) is 0 Å². The molecule has 7 heteroatoms. The Morgan fingerprint density at radius 1 is 1.35 bits per heavy atom. The van der Waals surface area contributed by atoms with Crippen LogP contribution in [-0.4, -0.2) is 26.2 Å². The van der Waals surface area contributed by atoms with Crippen LogP contribution in [-0.2, 0) is 13.0 Å². The highest BCUT2D eigenvalue weighted by molar-refractivity contribution is 9.10. The number of rotatable bonds is 3. The third-order valence-corrected chi connectivity index (χ3v) is 4.64. The molecule has 0 atom stereocenters. The van der Waals surface area contributed by atoms with Crippen LogP contribution in [0.15, 0.2) is 22.9 Å². The van der Waals surface area contributed by atoms with Gasteiger partial charge < -0.3 is 10.1 Å². The summed E-state index contributed by atoms with van der Waals surface area (Å²) < 4.78 is 8.61. The number of fused-ring (bicyclic) bond motifs is 2. The maximum Gasteiger partial charge on any atom is 0.254 e. The monoisotopic (exact) mass is 373 g/mol. The number of hydrogen-bond acceptors (Lipinski definition) is 5. The molecule has 6 nitrogen and oxygen atoms in total. The minimum Gasteiger partial charge on any atom is -0.493 e. The van der Waals surface area contributed by atoms with Crippen molar-refractivity contribution in [2.75, 3.05) is 11.9 Å². The molecule has 0 aliphatic carbocycles. The van der Waals surface area contributed by atoms with Gasteiger partial charge in [-0.25, -0.2) is 4.98 Å². The fourth-order valence-electron chi connectivity index (χ4n) is 2.90. The van der Waals surface area contributed by atoms with Crippen LogP contribution < -0.4 is 10.1 Å². The normalized spacial score (nSPS) is 13.2. The van der Waals surface area contributed by atoms with Gasteiger partial charge in [0, 0.05) is 34.3 Å². The van der Waals surface area contributed by atoms with Gasteiger partial charge in [0.1, 0.15) is 17.9 Å². The Morgan fingerprint density at radius 3 is 3.09 bits per heavy atom. The number of aryl methyl sites for hydroxylation is 1. The van der Waals surface area contributed by atoms with Crippen LogP contribution in [0, 0.1) is 13.8 Å². The lowest BCUT2D eigenvalue weighted by Crippen LogP contribution is -2.10. The summed E-state index contributed by atoms with van der Waals surface area (Å²) in [6, 6.07) is 4.22. The predicted molar refractivity (Wildman–Crippen MR) is 90.9 cm³/mol. The molecule has 0 saturated heterocycles. The van der Waals surface area contributed by atoms with E-state index in [1.807, 2.05) is 13.8 Å². The second kappa shape index (κ2) is 5.49. The smallest absolute Gasteiger partial charge is 0.254 e. The zero-order valence-corrected chi connectivity index (χ0v) is 14.5. The molecule has 0 spiro atoms. The van der Waals surface area contributed by atoms with Crippen molar-refractivity contribution in [3.63, 3.8) is 0 Å². The number of benzene rings is 1. The highest BCUT2D eigenvalue weighted by Gasteiger charge is 2.18. The van der Waals surface area contributed by atoms with E-state index in [-0.39, 0.29) is 0 Å². The molecular weight excluding hydrogens is 358 g/mol. The molecule has 0 amide bonds. The van der Waals surface area contributed by atoms with Crippen molar-refractivity contribution in [3.05, 3.63) is 45.3 Å². The minimum absolute atomic E-state index is 0.603. The summed E-state index contributed by atoms with van der Waals surface area (Å²) in [6.45, 7) is 5.42. The zero-order chi connectivity index (χ0) is 16.0. The number of aromatic nitrogens is 4. The van der Waals surface area contributed by atoms with Crippen molar-refractivity contribution in [1.29, 1.82) is 0 Å². The van der Waals surface area contributed by atoms with E-state index < -0.39 is 0 Å². The van der Waals surface area contributed by atoms with E-state index in [2.05, 4.69) is 48.4 Å². The lowest BCUT2D eigenvalue weighted by molar-refractivity contribution is 0.354. The fourth-order valence-corrected chi connectivity index (χ4v) is 3.45. The molecule has 23 heavy (non-hydrogen) atoms. The molecule has 0 unspecified atom stereocenters. The van der Waals surface area contributed by atoms with E-state index in [0.717, 1.165) is 45.9 Å². The molecule has 1 aliphatic heterocycles. The van der Waals surface area contributed by atoms with Gasteiger partial charge in [-0.1, -0.05) is 15.9 Å². The number of hydrogen-bond donors (Lipinski definition) is 1. The molecule has 2 aromatic heterocycles. The van der Waals surface area contributed by atoms with Crippen LogP contribution in [0.3, 0.4) is 0 Å². The van der Waals surface area contributed by atoms with E-state index >= 15 is 0 Å². The van der Waals surface area contributed by atoms with Crippen LogP contribution in [0.4, 0.5) is 5.82 Å². The Hall–Kier alpha value is -2.15. The van der Waals surface area contributed by atoms with Crippen molar-refractivity contribution in [1.82, 2.24) is 19.6 Å². The number of halogens is 1. The Morgan fingerprint density at radius 2 is 2.22 bits per heavy atom. The van der Waals surface area contributed by atoms with Crippen molar-refractivity contribution in [2.45, 2.75) is 26.8 Å². The number of nitrogens with zero attached hydrogens (tertiary/aromatic N) is 4. The molecule has 0 saturated carbocycles. The lowest BCUT2D eigenvalue weighted by Gasteiger charge is -2.14. The van der Waals surface area contributed by atoms with Gasteiger partial charge in [0.2, 0.25) is 0 Å². The first-order valence-electron chi connectivity index (χ1n) is 7.48. The van der Waals surface area contributed by atoms with Crippen molar-refractivity contribution >= 4 is 27.5 Å². The molecule has 1 aliphatic rings. The molecule has 3 aromatic rings. The Labute approximate surface area is 142 Å². The van der Waals surface area contributed by atoms with E-state index in [4.69, 9.17) is 4.74 Å². The maximum atomic E-state index is 5.79. The van der Waals surface area contributed by atoms with Gasteiger partial charge in [-0.3, -0.25) is 0 Å². The second-order valence-electron chi connectivity index (χ2n) is 5.65. The van der Waals surface area contributed by atoms with E-state index in [1.165, 1.54) is 11.9 Å². The number of ether oxygens (including phenoxy) is 1. The number of nitrogens with one attached hydrogen (secondary N) is 1. The van der Waals surface area contributed by atoms with Gasteiger partial charge in [0.15, 0.2) is 0 Å². The quantitative estimate of drug-likeness (QED) is 0.764. The largest absolute Gasteiger partial charge is 0.493 e. The molecular formula is C16H16BrN5O. The second-order valence-corrected chi connectivity index (χ2v) is 6.56. The summed E-state index contributed by atoms with van der Waals surface area (Å²) in [6.07, 6.45) is 2.48. The molecule has 3 heterocycles. The van der Waals surface area contributed by atoms with Gasteiger partial charge in [-0.05, 0) is 31.5 Å². The lowest BCUT2D eigenvalue weighted by atomic mass is 10.1. The van der Waals surface area contributed by atoms with E-state index in [0.29, 0.717) is 12.3 Å². The third kappa shape index (κ3) is 2.45. The zero-order valence-electron chi connectivity index (χ0n) is 12.9. The van der Waals surface area contributed by atoms with Crippen LogP contribution in [0.25, 0.3) is 5.78 Å². The standard InChI is InChI=1S/C16H16BrN5O/c1-9-10(2)21-16-19-8-20-22(16)15(9)18-7-12-6-13(17)5-11-3-4-23-14(11)12/h5-6,8,18H,3-4,7H2,1-2H3. The van der Waals surface area contributed by atoms with Gasteiger partial charge >= 0.3 is 0 Å². The molecule has 118 valence electrons. The molecule has 0 radical (unpaired) electrons. The summed E-state index contributed by atoms with van der Waals surface area (Å²) in [7, 11) is 0. The topological polar surface area (TPSA) is 64.3 Å². The first-order valence-corrected chi connectivity index (χ1v) is 8.27. The molecule has 0 fully saturated rings. The van der Waals surface area contributed by atoms with Crippen molar-refractivity contribution < 1.29 is 4.74 Å². The average molecular weight is 374 g/mol. The van der Waals surface area contributed by atoms with Crippen LogP contribution in [0.2, 0.25) is 0 Å². The van der Waals surface area contributed by atoms with Gasteiger partial charge in [0.25, 0.3) is 5.78 Å². The third-order valence-electron chi connectivity index (χ3n) is 4.18. The molecule has 0 bridgehead atoms. The Bertz CT molecular complexity index is 905. The van der Waals surface area contributed by atoms with Crippen LogP contribution >= 0.6 is 15.9 Å². The summed E-state index contributed by atoms with van der Waals surface area (Å²) in [5.74, 6) is 2.52. The Kier molecular flexibility index (Phi) is 3.45. The first kappa shape index (κ1) is 14.4. The molecule has 1 N–H and O–H groups in total. The highest BCUT2D eigenvalue weighted by atomic mass is 79.9. The maximum absolute atomic E-state index is 5.79. The highest BCUT2D eigenvalue weighted by Crippen LogP contribution is 2.33. The van der Waals surface area contributed by atoms with Gasteiger partial charge in [-0.2, -0.15) is 14.6 Å². The number of anilines is 1. The first-order chi connectivity index (χ1) is 11.1. The molecule has 1 aromatic carbocycles. The summed E-state index contributed by atoms with van der Waals surface area (Å²) >= 11 is 3.58. The van der Waals surface area contributed by atoms with Gasteiger partial charge in [0.05, 0.1) is 6.61 Å². The minimum atomic E-state index is 0.603. The predicted octanol–water partition coefficient (Wildman–Crippen LogP) is 3.05. The molecule has 4 rings (SSSR count). The fraction of sp³-hybridized carbons (Fsp3) is 0.312. The average Bonchev–Trinajstić information content (AvgIpc) is 3.15. The van der Waals surface area contributed by atoms with Crippen LogP contribution in [0.5, 0.6) is 5.75 Å². The SMILES string of the molecule is Cc1nc2ncnn2c(NCc2cc(Br)cc3c2OCC3)c1C. The van der Waals surface area contributed by atoms with Crippen LogP contribution in [0.1, 0.15) is 22.4 Å². The van der Waals surface area contributed by atoms with E-state index in [9.17, 15) is 0 Å². The summed E-state index contributed by atoms with van der Waals surface area (Å²) in [5.41, 5.74) is 4.40. The van der Waals surface area contributed by atoms with Gasteiger partial charge in [-0.15, -0.1) is 0 Å². The summed E-state index contributed by atoms with van der Waals surface area (Å²) in [4.78, 5) is 8.62.